The first-order valence-corrected chi connectivity index (χ1v) is 3.50. The number of rotatable bonds is 0. The van der Waals surface area contributed by atoms with Crippen LogP contribution < -0.4 is 0 Å². The molecule has 1 aliphatic heterocycles. The second kappa shape index (κ2) is 10.9. The molecule has 3 heteroatoms. The van der Waals surface area contributed by atoms with Gasteiger partial charge in [-0.25, -0.2) is 4.79 Å². The van der Waals surface area contributed by atoms with E-state index >= 15 is 0 Å². The number of nitrogens with zero attached hydrogens (tertiary/aromatic N) is 2. The maximum atomic E-state index is 9.85. The summed E-state index contributed by atoms with van der Waals surface area (Å²) < 4.78 is 0. The van der Waals surface area contributed by atoms with E-state index in [4.69, 9.17) is 0 Å². The minimum Gasteiger partial charge on any atom is -0.244 e. The fourth-order valence-electron chi connectivity index (χ4n) is 0.228. The molecule has 0 saturated carbocycles. The molecule has 0 spiro atoms. The lowest BCUT2D eigenvalue weighted by Gasteiger charge is -1.62. The fraction of sp³-hybridized carbons (Fsp3) is 0.571. The van der Waals surface area contributed by atoms with Crippen molar-refractivity contribution < 1.29 is 4.79 Å². The Morgan fingerprint density at radius 1 is 1.00 bits per heavy atom. The number of urea groups is 1. The molecule has 1 aliphatic rings. The van der Waals surface area contributed by atoms with Gasteiger partial charge in [0, 0.05) is 0 Å². The summed E-state index contributed by atoms with van der Waals surface area (Å²) in [5, 5.41) is 0. The Balaban J connectivity index is 0. The summed E-state index contributed by atoms with van der Waals surface area (Å²) in [5.41, 5.74) is 0. The average Bonchev–Trinajstić information content (AvgIpc) is 2.48. The molecule has 0 bridgehead atoms. The highest BCUT2D eigenvalue weighted by molar-refractivity contribution is 6.25. The lowest BCUT2D eigenvalue weighted by atomic mass is 10.9. The molecule has 0 radical (unpaired) electrons. The zero-order chi connectivity index (χ0) is 8.41. The van der Waals surface area contributed by atoms with Crippen molar-refractivity contribution in [3.63, 3.8) is 0 Å². The normalized spacial score (nSPS) is 11.4. The van der Waals surface area contributed by atoms with Gasteiger partial charge in [0.05, 0.1) is 12.4 Å². The lowest BCUT2D eigenvalue weighted by molar-refractivity contribution is 0.257. The second-order valence-electron chi connectivity index (χ2n) is 0.839. The van der Waals surface area contributed by atoms with Gasteiger partial charge < -0.3 is 0 Å². The smallest absolute Gasteiger partial charge is 0.244 e. The summed E-state index contributed by atoms with van der Waals surface area (Å²) in [7, 11) is 0. The zero-order valence-corrected chi connectivity index (χ0v) is 6.96. The molecule has 0 N–H and O–H groups in total. The van der Waals surface area contributed by atoms with E-state index in [9.17, 15) is 4.79 Å². The Kier molecular flexibility index (Phi) is 12.8. The Hall–Kier alpha value is -0.990. The fourth-order valence-corrected chi connectivity index (χ4v) is 0.228. The van der Waals surface area contributed by atoms with Crippen molar-refractivity contribution in [2.75, 3.05) is 0 Å². The third kappa shape index (κ3) is 7.01. The van der Waals surface area contributed by atoms with E-state index in [0.717, 1.165) is 0 Å². The SMILES string of the molecule is CC.CC.O=C1N=CC=N1. The molecular weight excluding hydrogens is 128 g/mol. The molecule has 0 fully saturated rings. The average molecular weight is 142 g/mol. The number of hydrogen-bond donors (Lipinski definition) is 0. The third-order valence-electron chi connectivity index (χ3n) is 0.437. The minimum atomic E-state index is -0.407. The van der Waals surface area contributed by atoms with Crippen LogP contribution in [0.5, 0.6) is 0 Å². The Morgan fingerprint density at radius 2 is 1.30 bits per heavy atom. The lowest BCUT2D eigenvalue weighted by Crippen LogP contribution is -1.70. The van der Waals surface area contributed by atoms with Crippen molar-refractivity contribution in [3.05, 3.63) is 0 Å². The molecule has 1 heterocycles. The Morgan fingerprint density at radius 3 is 1.40 bits per heavy atom. The van der Waals surface area contributed by atoms with Crippen molar-refractivity contribution >= 4 is 18.5 Å². The van der Waals surface area contributed by atoms with Crippen molar-refractivity contribution in [1.29, 1.82) is 0 Å². The number of carbonyl (C=O) groups excluding carboxylic acids is 1. The van der Waals surface area contributed by atoms with Gasteiger partial charge in [0.2, 0.25) is 0 Å². The standard InChI is InChI=1S/C3H2N2O.2C2H6/c6-3-4-1-2-5-3;2*1-2/h1-2H;2*1-2H3. The molecular formula is C7H14N2O. The van der Waals surface area contributed by atoms with Crippen LogP contribution in [0.4, 0.5) is 4.79 Å². The quantitative estimate of drug-likeness (QED) is 0.511. The van der Waals surface area contributed by atoms with E-state index < -0.39 is 6.03 Å². The van der Waals surface area contributed by atoms with Gasteiger partial charge in [0.1, 0.15) is 0 Å². The summed E-state index contributed by atoms with van der Waals surface area (Å²) in [6.07, 6.45) is 2.73. The maximum Gasteiger partial charge on any atom is 0.367 e. The van der Waals surface area contributed by atoms with E-state index in [1.807, 2.05) is 27.7 Å². The van der Waals surface area contributed by atoms with E-state index in [0.29, 0.717) is 0 Å². The van der Waals surface area contributed by atoms with Crippen LogP contribution in [0.25, 0.3) is 0 Å². The van der Waals surface area contributed by atoms with Gasteiger partial charge in [-0.1, -0.05) is 27.7 Å². The summed E-state index contributed by atoms with van der Waals surface area (Å²) in [6, 6.07) is -0.407. The van der Waals surface area contributed by atoms with Crippen molar-refractivity contribution in [1.82, 2.24) is 0 Å². The summed E-state index contributed by atoms with van der Waals surface area (Å²) in [4.78, 5) is 16.3. The van der Waals surface area contributed by atoms with Crippen LogP contribution in [-0.2, 0) is 0 Å². The van der Waals surface area contributed by atoms with Gasteiger partial charge in [-0.15, -0.1) is 0 Å². The van der Waals surface area contributed by atoms with Gasteiger partial charge in [0.25, 0.3) is 0 Å². The first-order chi connectivity index (χ1) is 4.89. The van der Waals surface area contributed by atoms with E-state index in [1.165, 1.54) is 12.4 Å². The molecule has 1 rings (SSSR count). The molecule has 0 atom stereocenters. The molecule has 2 amide bonds. The van der Waals surface area contributed by atoms with Crippen LogP contribution in [0.1, 0.15) is 27.7 Å². The predicted octanol–water partition coefficient (Wildman–Crippen LogP) is 2.31. The molecule has 0 aromatic heterocycles. The van der Waals surface area contributed by atoms with Gasteiger partial charge in [-0.05, 0) is 0 Å². The van der Waals surface area contributed by atoms with Crippen molar-refractivity contribution in [2.24, 2.45) is 9.98 Å². The number of carbonyl (C=O) groups is 1. The van der Waals surface area contributed by atoms with Gasteiger partial charge >= 0.3 is 6.03 Å². The van der Waals surface area contributed by atoms with Crippen LogP contribution in [-0.4, -0.2) is 18.5 Å². The molecule has 0 aromatic carbocycles. The van der Waals surface area contributed by atoms with Crippen LogP contribution in [0, 0.1) is 0 Å². The van der Waals surface area contributed by atoms with E-state index in [-0.39, 0.29) is 0 Å². The van der Waals surface area contributed by atoms with Crippen LogP contribution in [0.2, 0.25) is 0 Å². The van der Waals surface area contributed by atoms with Crippen LogP contribution in [0.15, 0.2) is 9.98 Å². The summed E-state index contributed by atoms with van der Waals surface area (Å²) in [5.74, 6) is 0. The monoisotopic (exact) mass is 142 g/mol. The van der Waals surface area contributed by atoms with Crippen molar-refractivity contribution in [2.45, 2.75) is 27.7 Å². The van der Waals surface area contributed by atoms with E-state index in [2.05, 4.69) is 9.98 Å². The molecule has 0 unspecified atom stereocenters. The maximum absolute atomic E-state index is 9.85. The van der Waals surface area contributed by atoms with Crippen molar-refractivity contribution in [3.8, 4) is 0 Å². The van der Waals surface area contributed by atoms with E-state index in [1.54, 1.807) is 0 Å². The molecule has 58 valence electrons. The third-order valence-corrected chi connectivity index (χ3v) is 0.437. The van der Waals surface area contributed by atoms with Gasteiger partial charge in [-0.3, -0.25) is 0 Å². The highest BCUT2D eigenvalue weighted by Crippen LogP contribution is 1.81. The topological polar surface area (TPSA) is 41.8 Å². The van der Waals surface area contributed by atoms with Gasteiger partial charge in [-0.2, -0.15) is 9.98 Å². The first-order valence-electron chi connectivity index (χ1n) is 3.50. The summed E-state index contributed by atoms with van der Waals surface area (Å²) in [6.45, 7) is 8.00. The molecule has 0 aromatic rings. The second-order valence-corrected chi connectivity index (χ2v) is 0.839. The summed E-state index contributed by atoms with van der Waals surface area (Å²) >= 11 is 0. The Labute approximate surface area is 61.9 Å². The Bertz CT molecular complexity index is 114. The highest BCUT2D eigenvalue weighted by atomic mass is 16.2. The number of hydrogen-bond acceptors (Lipinski definition) is 1. The zero-order valence-electron chi connectivity index (χ0n) is 6.96. The van der Waals surface area contributed by atoms with Crippen LogP contribution >= 0.6 is 0 Å². The molecule has 0 saturated heterocycles. The highest BCUT2D eigenvalue weighted by Gasteiger charge is 1.91. The molecule has 10 heavy (non-hydrogen) atoms. The predicted molar refractivity (Wildman–Crippen MR) is 45.1 cm³/mol. The number of aliphatic imine (C=N–C) groups is 2. The largest absolute Gasteiger partial charge is 0.367 e. The minimum absolute atomic E-state index is 0.407. The number of amides is 2. The van der Waals surface area contributed by atoms with Crippen LogP contribution in [0.3, 0.4) is 0 Å². The molecule has 0 aliphatic carbocycles. The molecule has 3 nitrogen and oxygen atoms in total. The van der Waals surface area contributed by atoms with Gasteiger partial charge in [0.15, 0.2) is 0 Å². The first kappa shape index (κ1) is 11.8.